The molecule has 21 heavy (non-hydrogen) atoms. The number of carbonyl (C=O) groups excluding carboxylic acids is 1. The number of carbonyl (C=O) groups is 1. The highest BCUT2D eigenvalue weighted by Gasteiger charge is 2.17. The summed E-state index contributed by atoms with van der Waals surface area (Å²) in [6.45, 7) is 0. The zero-order valence-electron chi connectivity index (χ0n) is 11.4. The number of ketones is 1. The molecule has 0 aliphatic carbocycles. The lowest BCUT2D eigenvalue weighted by Crippen LogP contribution is -2.06. The van der Waals surface area contributed by atoms with Crippen molar-refractivity contribution in [1.29, 1.82) is 0 Å². The summed E-state index contributed by atoms with van der Waals surface area (Å²) in [5, 5.41) is 0. The van der Waals surface area contributed by atoms with E-state index in [-0.39, 0.29) is 16.4 Å². The minimum Gasteiger partial charge on any atom is -0.497 e. The molecule has 2 aromatic carbocycles. The zero-order valence-corrected chi connectivity index (χ0v) is 13.0. The minimum atomic E-state index is -3.51. The van der Waals surface area contributed by atoms with E-state index in [1.54, 1.807) is 49.6 Å². The number of Topliss-reactive ketones (excluding diaryl/α,β-unsaturated/α-hetero) is 1. The Hall–Kier alpha value is -1.79. The second-order valence-corrected chi connectivity index (χ2v) is 8.11. The van der Waals surface area contributed by atoms with E-state index >= 15 is 0 Å². The molecule has 0 saturated carbocycles. The third-order valence-corrected chi connectivity index (χ3v) is 6.19. The first kappa shape index (κ1) is 15.6. The summed E-state index contributed by atoms with van der Waals surface area (Å²) in [7, 11) is -1.33. The third kappa shape index (κ3) is 4.09. The topological polar surface area (TPSA) is 60.4 Å². The predicted molar refractivity (Wildman–Crippen MR) is 83.4 cm³/mol. The van der Waals surface area contributed by atoms with Crippen molar-refractivity contribution in [2.24, 2.45) is 0 Å². The lowest BCUT2D eigenvalue weighted by molar-refractivity contribution is 0.102. The highest BCUT2D eigenvalue weighted by Crippen LogP contribution is 2.24. The standard InChI is InChI=1S/C15H14O4S2/c1-19-13-9-7-12(8-10-13)15(16)11-20-21(17,18)14-5-3-2-4-6-14/h2-10H,11H2,1H3. The summed E-state index contributed by atoms with van der Waals surface area (Å²) in [6.07, 6.45) is 0. The molecule has 0 aliphatic rings. The number of hydrogen-bond acceptors (Lipinski definition) is 5. The first-order chi connectivity index (χ1) is 10.0. The summed E-state index contributed by atoms with van der Waals surface area (Å²) in [5.74, 6) is 0.294. The highest BCUT2D eigenvalue weighted by molar-refractivity contribution is 8.72. The SMILES string of the molecule is COc1ccc(C(=O)CSS(=O)(=O)c2ccccc2)cc1. The molecule has 2 aromatic rings. The first-order valence-electron chi connectivity index (χ1n) is 6.14. The van der Waals surface area contributed by atoms with Gasteiger partial charge in [0.1, 0.15) is 5.75 Å². The van der Waals surface area contributed by atoms with Crippen LogP contribution < -0.4 is 4.74 Å². The molecule has 4 nitrogen and oxygen atoms in total. The van der Waals surface area contributed by atoms with Gasteiger partial charge in [-0.2, -0.15) is 0 Å². The van der Waals surface area contributed by atoms with Gasteiger partial charge in [0.15, 0.2) is 5.78 Å². The molecule has 0 fully saturated rings. The van der Waals surface area contributed by atoms with Crippen molar-refractivity contribution < 1.29 is 17.9 Å². The van der Waals surface area contributed by atoms with Crippen LogP contribution in [0.1, 0.15) is 10.4 Å². The van der Waals surface area contributed by atoms with E-state index in [1.165, 1.54) is 12.1 Å². The van der Waals surface area contributed by atoms with Crippen molar-refractivity contribution in [3.05, 3.63) is 60.2 Å². The van der Waals surface area contributed by atoms with Gasteiger partial charge in [0.2, 0.25) is 8.87 Å². The van der Waals surface area contributed by atoms with Crippen molar-refractivity contribution >= 4 is 25.4 Å². The quantitative estimate of drug-likeness (QED) is 0.604. The van der Waals surface area contributed by atoms with Gasteiger partial charge in [-0.05, 0) is 47.2 Å². The van der Waals surface area contributed by atoms with Crippen LogP contribution in [0.15, 0.2) is 59.5 Å². The van der Waals surface area contributed by atoms with Crippen molar-refractivity contribution in [3.8, 4) is 5.75 Å². The van der Waals surface area contributed by atoms with Gasteiger partial charge < -0.3 is 4.74 Å². The molecular formula is C15H14O4S2. The van der Waals surface area contributed by atoms with Crippen LogP contribution in [0.3, 0.4) is 0 Å². The van der Waals surface area contributed by atoms with E-state index < -0.39 is 8.87 Å². The number of benzene rings is 2. The fourth-order valence-electron chi connectivity index (χ4n) is 1.65. The Balaban J connectivity index is 2.03. The molecule has 0 aliphatic heterocycles. The van der Waals surface area contributed by atoms with E-state index in [0.29, 0.717) is 22.1 Å². The molecule has 6 heteroatoms. The smallest absolute Gasteiger partial charge is 0.230 e. The maximum atomic E-state index is 12.1. The number of ether oxygens (including phenoxy) is 1. The van der Waals surface area contributed by atoms with Crippen LogP contribution in [-0.2, 0) is 8.87 Å². The van der Waals surface area contributed by atoms with Gasteiger partial charge >= 0.3 is 0 Å². The number of methoxy groups -OCH3 is 1. The Morgan fingerprint density at radius 2 is 1.67 bits per heavy atom. The maximum absolute atomic E-state index is 12.1. The summed E-state index contributed by atoms with van der Waals surface area (Å²) in [4.78, 5) is 12.2. The summed E-state index contributed by atoms with van der Waals surface area (Å²) >= 11 is 0. The maximum Gasteiger partial charge on any atom is 0.230 e. The molecule has 0 unspecified atom stereocenters. The monoisotopic (exact) mass is 322 g/mol. The van der Waals surface area contributed by atoms with Crippen molar-refractivity contribution in [2.75, 3.05) is 12.9 Å². The fraction of sp³-hybridized carbons (Fsp3) is 0.133. The van der Waals surface area contributed by atoms with Crippen molar-refractivity contribution in [2.45, 2.75) is 4.90 Å². The van der Waals surface area contributed by atoms with Gasteiger partial charge in [-0.1, -0.05) is 18.2 Å². The van der Waals surface area contributed by atoms with Crippen LogP contribution in [0.25, 0.3) is 0 Å². The number of hydrogen-bond donors (Lipinski definition) is 0. The third-order valence-electron chi connectivity index (χ3n) is 2.79. The molecule has 0 spiro atoms. The highest BCUT2D eigenvalue weighted by atomic mass is 33.1. The van der Waals surface area contributed by atoms with E-state index in [4.69, 9.17) is 4.74 Å². The Kier molecular flexibility index (Phi) is 5.03. The number of rotatable bonds is 6. The van der Waals surface area contributed by atoms with Gasteiger partial charge in [0, 0.05) is 5.56 Å². The predicted octanol–water partition coefficient (Wildman–Crippen LogP) is 3.00. The molecule has 0 amide bonds. The Labute approximate surface area is 127 Å². The van der Waals surface area contributed by atoms with Gasteiger partial charge in [-0.15, -0.1) is 0 Å². The van der Waals surface area contributed by atoms with E-state index in [9.17, 15) is 13.2 Å². The second-order valence-electron chi connectivity index (χ2n) is 4.18. The summed E-state index contributed by atoms with van der Waals surface area (Å²) in [6, 6.07) is 14.7. The molecule has 2 rings (SSSR count). The Morgan fingerprint density at radius 1 is 1.05 bits per heavy atom. The normalized spacial score (nSPS) is 11.1. The van der Waals surface area contributed by atoms with E-state index in [1.807, 2.05) is 0 Å². The summed E-state index contributed by atoms with van der Waals surface area (Å²) < 4.78 is 29.1. The molecule has 0 heterocycles. The average Bonchev–Trinajstić information content (AvgIpc) is 2.53. The van der Waals surface area contributed by atoms with Crippen LogP contribution in [-0.4, -0.2) is 27.1 Å². The molecule has 110 valence electrons. The van der Waals surface area contributed by atoms with Gasteiger partial charge in [-0.3, -0.25) is 4.79 Å². The molecule has 0 N–H and O–H groups in total. The van der Waals surface area contributed by atoms with Crippen LogP contribution in [0.5, 0.6) is 5.75 Å². The zero-order chi connectivity index (χ0) is 15.3. The van der Waals surface area contributed by atoms with Crippen molar-refractivity contribution in [3.63, 3.8) is 0 Å². The second kappa shape index (κ2) is 6.78. The molecule has 0 radical (unpaired) electrons. The van der Waals surface area contributed by atoms with E-state index in [0.717, 1.165) is 0 Å². The molecule has 0 atom stereocenters. The average molecular weight is 322 g/mol. The molecule has 0 bridgehead atoms. The van der Waals surface area contributed by atoms with Crippen LogP contribution in [0.2, 0.25) is 0 Å². The lowest BCUT2D eigenvalue weighted by Gasteiger charge is -2.04. The van der Waals surface area contributed by atoms with Crippen molar-refractivity contribution in [1.82, 2.24) is 0 Å². The van der Waals surface area contributed by atoms with Gasteiger partial charge in [-0.25, -0.2) is 8.42 Å². The summed E-state index contributed by atoms with van der Waals surface area (Å²) in [5.41, 5.74) is 0.464. The van der Waals surface area contributed by atoms with Gasteiger partial charge in [0.05, 0.1) is 17.8 Å². The van der Waals surface area contributed by atoms with Crippen LogP contribution in [0.4, 0.5) is 0 Å². The minimum absolute atomic E-state index is 0.121. The molecule has 0 aromatic heterocycles. The first-order valence-corrected chi connectivity index (χ1v) is 9.13. The fourth-order valence-corrected chi connectivity index (χ4v) is 4.23. The van der Waals surface area contributed by atoms with E-state index in [2.05, 4.69) is 0 Å². The molecular weight excluding hydrogens is 308 g/mol. The van der Waals surface area contributed by atoms with Crippen LogP contribution in [0, 0.1) is 0 Å². The lowest BCUT2D eigenvalue weighted by atomic mass is 10.1. The Morgan fingerprint density at radius 3 is 2.24 bits per heavy atom. The molecule has 0 saturated heterocycles. The van der Waals surface area contributed by atoms with Gasteiger partial charge in [0.25, 0.3) is 0 Å². The van der Waals surface area contributed by atoms with Crippen LogP contribution >= 0.6 is 10.8 Å². The Bertz CT molecular complexity index is 707. The largest absolute Gasteiger partial charge is 0.497 e.